The molecule has 0 heterocycles. The Morgan fingerprint density at radius 2 is 2.25 bits per heavy atom. The second-order valence-corrected chi connectivity index (χ2v) is 4.46. The molecule has 0 aliphatic rings. The minimum atomic E-state index is -0.221. The van der Waals surface area contributed by atoms with Crippen molar-refractivity contribution in [3.8, 4) is 5.75 Å². The summed E-state index contributed by atoms with van der Waals surface area (Å²) in [6.07, 6.45) is 3.09. The molecule has 0 aromatic heterocycles. The Morgan fingerprint density at radius 1 is 1.44 bits per heavy atom. The van der Waals surface area contributed by atoms with Gasteiger partial charge in [-0.25, -0.2) is 4.39 Å². The molecule has 0 radical (unpaired) electrons. The van der Waals surface area contributed by atoms with E-state index in [0.29, 0.717) is 13.2 Å². The Bertz CT molecular complexity index is 320. The van der Waals surface area contributed by atoms with Crippen LogP contribution in [0.2, 0.25) is 0 Å². The van der Waals surface area contributed by atoms with Crippen LogP contribution in [0.4, 0.5) is 4.39 Å². The molecule has 0 atom stereocenters. The van der Waals surface area contributed by atoms with E-state index in [9.17, 15) is 4.39 Å². The molecule has 1 rings (SSSR count). The summed E-state index contributed by atoms with van der Waals surface area (Å²) >= 11 is 1.80. The van der Waals surface area contributed by atoms with E-state index in [1.165, 1.54) is 12.1 Å². The lowest BCUT2D eigenvalue weighted by molar-refractivity contribution is 0.314. The molecule has 0 unspecified atom stereocenters. The molecule has 0 amide bonds. The van der Waals surface area contributed by atoms with E-state index in [-0.39, 0.29) is 5.82 Å². The fourth-order valence-corrected chi connectivity index (χ4v) is 1.81. The number of halogens is 1. The van der Waals surface area contributed by atoms with Gasteiger partial charge in [-0.05, 0) is 43.7 Å². The van der Waals surface area contributed by atoms with Crippen molar-refractivity contribution in [1.82, 2.24) is 5.32 Å². The highest BCUT2D eigenvalue weighted by atomic mass is 32.2. The number of ether oxygens (including phenoxy) is 1. The van der Waals surface area contributed by atoms with Crippen molar-refractivity contribution < 1.29 is 9.13 Å². The van der Waals surface area contributed by atoms with Gasteiger partial charge in [0.05, 0.1) is 6.61 Å². The first-order valence-corrected chi connectivity index (χ1v) is 6.72. The fraction of sp³-hybridized carbons (Fsp3) is 0.500. The normalized spacial score (nSPS) is 10.4. The molecule has 0 saturated heterocycles. The van der Waals surface area contributed by atoms with E-state index in [0.717, 1.165) is 23.5 Å². The first kappa shape index (κ1) is 13.3. The maximum Gasteiger partial charge on any atom is 0.123 e. The predicted molar refractivity (Wildman–Crippen MR) is 67.7 cm³/mol. The first-order valence-electron chi connectivity index (χ1n) is 5.32. The summed E-state index contributed by atoms with van der Waals surface area (Å²) in [4.78, 5) is 0. The molecule has 1 N–H and O–H groups in total. The molecule has 16 heavy (non-hydrogen) atoms. The number of nitrogens with one attached hydrogen (secondary N) is 1. The molecule has 0 spiro atoms. The molecule has 4 heteroatoms. The molecule has 1 aromatic carbocycles. The van der Waals surface area contributed by atoms with Gasteiger partial charge in [0.1, 0.15) is 11.6 Å². The van der Waals surface area contributed by atoms with E-state index in [1.807, 2.05) is 7.05 Å². The van der Waals surface area contributed by atoms with Gasteiger partial charge in [0.2, 0.25) is 0 Å². The third-order valence-electron chi connectivity index (χ3n) is 2.14. The highest BCUT2D eigenvalue weighted by Gasteiger charge is 2.04. The maximum absolute atomic E-state index is 13.0. The Hall–Kier alpha value is -0.740. The van der Waals surface area contributed by atoms with Gasteiger partial charge in [0.25, 0.3) is 0 Å². The van der Waals surface area contributed by atoms with Gasteiger partial charge < -0.3 is 10.1 Å². The summed E-state index contributed by atoms with van der Waals surface area (Å²) in [6, 6.07) is 4.64. The van der Waals surface area contributed by atoms with Gasteiger partial charge in [-0.15, -0.1) is 0 Å². The molecule has 0 bridgehead atoms. The quantitative estimate of drug-likeness (QED) is 0.744. The van der Waals surface area contributed by atoms with Crippen LogP contribution in [0.1, 0.15) is 12.0 Å². The van der Waals surface area contributed by atoms with Gasteiger partial charge in [-0.3, -0.25) is 0 Å². The van der Waals surface area contributed by atoms with Crippen LogP contribution in [0.25, 0.3) is 0 Å². The van der Waals surface area contributed by atoms with Crippen LogP contribution in [0.15, 0.2) is 18.2 Å². The van der Waals surface area contributed by atoms with Crippen LogP contribution in [0.5, 0.6) is 5.75 Å². The van der Waals surface area contributed by atoms with Crippen molar-refractivity contribution in [2.45, 2.75) is 13.0 Å². The number of hydrogen-bond donors (Lipinski definition) is 1. The van der Waals surface area contributed by atoms with E-state index in [2.05, 4.69) is 11.6 Å². The zero-order valence-electron chi connectivity index (χ0n) is 9.75. The monoisotopic (exact) mass is 243 g/mol. The number of benzene rings is 1. The number of hydrogen-bond acceptors (Lipinski definition) is 3. The van der Waals surface area contributed by atoms with E-state index >= 15 is 0 Å². The van der Waals surface area contributed by atoms with Crippen LogP contribution < -0.4 is 10.1 Å². The van der Waals surface area contributed by atoms with Gasteiger partial charge in [0.15, 0.2) is 0 Å². The molecule has 0 aliphatic heterocycles. The first-order chi connectivity index (χ1) is 7.77. The molecule has 90 valence electrons. The number of rotatable bonds is 7. The van der Waals surface area contributed by atoms with Crippen LogP contribution in [-0.2, 0) is 6.54 Å². The Kier molecular flexibility index (Phi) is 6.26. The van der Waals surface area contributed by atoms with E-state index in [1.54, 1.807) is 17.8 Å². The average molecular weight is 243 g/mol. The molecule has 2 nitrogen and oxygen atoms in total. The van der Waals surface area contributed by atoms with Crippen molar-refractivity contribution in [3.05, 3.63) is 29.6 Å². The predicted octanol–water partition coefficient (Wildman–Crippen LogP) is 2.68. The highest BCUT2D eigenvalue weighted by Crippen LogP contribution is 2.19. The zero-order valence-corrected chi connectivity index (χ0v) is 10.6. The lowest BCUT2D eigenvalue weighted by Gasteiger charge is -2.11. The van der Waals surface area contributed by atoms with Gasteiger partial charge in [-0.1, -0.05) is 0 Å². The molecule has 0 fully saturated rings. The van der Waals surface area contributed by atoms with Crippen LogP contribution in [0.3, 0.4) is 0 Å². The summed E-state index contributed by atoms with van der Waals surface area (Å²) < 4.78 is 18.7. The summed E-state index contributed by atoms with van der Waals surface area (Å²) in [5.41, 5.74) is 0.867. The SMILES string of the molecule is CNCc1cc(F)ccc1OCCCSC. The van der Waals surface area contributed by atoms with Crippen LogP contribution >= 0.6 is 11.8 Å². The largest absolute Gasteiger partial charge is 0.493 e. The van der Waals surface area contributed by atoms with Gasteiger partial charge in [0, 0.05) is 12.1 Å². The van der Waals surface area contributed by atoms with Gasteiger partial charge >= 0.3 is 0 Å². The molecule has 1 aromatic rings. The summed E-state index contributed by atoms with van der Waals surface area (Å²) in [6.45, 7) is 1.30. The standard InChI is InChI=1S/C12H18FNOS/c1-14-9-10-8-11(13)4-5-12(10)15-6-3-7-16-2/h4-5,8,14H,3,6-7,9H2,1-2H3. The summed E-state index contributed by atoms with van der Waals surface area (Å²) in [7, 11) is 1.84. The maximum atomic E-state index is 13.0. The van der Waals surface area contributed by atoms with Crippen molar-refractivity contribution in [2.24, 2.45) is 0 Å². The van der Waals surface area contributed by atoms with E-state index < -0.39 is 0 Å². The summed E-state index contributed by atoms with van der Waals surface area (Å²) in [5.74, 6) is 1.64. The van der Waals surface area contributed by atoms with Crippen molar-refractivity contribution >= 4 is 11.8 Å². The lowest BCUT2D eigenvalue weighted by atomic mass is 10.2. The van der Waals surface area contributed by atoms with Crippen molar-refractivity contribution in [2.75, 3.05) is 25.7 Å². The Morgan fingerprint density at radius 3 is 2.94 bits per heavy atom. The molecular formula is C12H18FNOS. The summed E-state index contributed by atoms with van der Waals surface area (Å²) in [5, 5.41) is 3.00. The van der Waals surface area contributed by atoms with Gasteiger partial charge in [-0.2, -0.15) is 11.8 Å². The van der Waals surface area contributed by atoms with Crippen LogP contribution in [0, 0.1) is 5.82 Å². The van der Waals surface area contributed by atoms with Crippen molar-refractivity contribution in [3.63, 3.8) is 0 Å². The smallest absolute Gasteiger partial charge is 0.123 e. The topological polar surface area (TPSA) is 21.3 Å². The Labute approximate surface area is 101 Å². The third-order valence-corrected chi connectivity index (χ3v) is 2.84. The fourth-order valence-electron chi connectivity index (χ4n) is 1.40. The molecular weight excluding hydrogens is 225 g/mol. The van der Waals surface area contributed by atoms with Crippen LogP contribution in [-0.4, -0.2) is 25.7 Å². The minimum absolute atomic E-state index is 0.221. The lowest BCUT2D eigenvalue weighted by Crippen LogP contribution is -2.08. The average Bonchev–Trinajstić information content (AvgIpc) is 2.27. The zero-order chi connectivity index (χ0) is 11.8. The minimum Gasteiger partial charge on any atom is -0.493 e. The second-order valence-electron chi connectivity index (χ2n) is 3.48. The number of thioether (sulfide) groups is 1. The second kappa shape index (κ2) is 7.52. The van der Waals surface area contributed by atoms with Crippen molar-refractivity contribution in [1.29, 1.82) is 0 Å². The molecule has 0 aliphatic carbocycles. The third kappa shape index (κ3) is 4.41. The highest BCUT2D eigenvalue weighted by molar-refractivity contribution is 7.98. The Balaban J connectivity index is 2.56. The molecule has 0 saturated carbocycles. The van der Waals surface area contributed by atoms with E-state index in [4.69, 9.17) is 4.74 Å².